The van der Waals surface area contributed by atoms with Gasteiger partial charge >= 0.3 is 0 Å². The number of hydrogen-bond donors (Lipinski definition) is 0. The van der Waals surface area contributed by atoms with Gasteiger partial charge in [0.05, 0.1) is 30.0 Å². The van der Waals surface area contributed by atoms with Gasteiger partial charge in [-0.2, -0.15) is 0 Å². The Morgan fingerprint density at radius 2 is 1.87 bits per heavy atom. The molecule has 6 heteroatoms. The zero-order valence-corrected chi connectivity index (χ0v) is 13.7. The van der Waals surface area contributed by atoms with Gasteiger partial charge in [0.25, 0.3) is 5.91 Å². The molecule has 2 fully saturated rings. The highest BCUT2D eigenvalue weighted by Crippen LogP contribution is 2.23. The van der Waals surface area contributed by atoms with Gasteiger partial charge in [0, 0.05) is 26.2 Å². The van der Waals surface area contributed by atoms with Crippen LogP contribution in [0.1, 0.15) is 37.0 Å². The zero-order chi connectivity index (χ0) is 16.4. The fraction of sp³-hybridized carbons (Fsp3) is 0.647. The highest BCUT2D eigenvalue weighted by Gasteiger charge is 2.34. The lowest BCUT2D eigenvalue weighted by Crippen LogP contribution is -2.53. The van der Waals surface area contributed by atoms with Gasteiger partial charge in [0.15, 0.2) is 0 Å². The molecule has 2 aliphatic heterocycles. The highest BCUT2D eigenvalue weighted by atomic mass is 16.5. The smallest absolute Gasteiger partial charge is 0.257 e. The van der Waals surface area contributed by atoms with Crippen LogP contribution in [0.15, 0.2) is 23.0 Å². The van der Waals surface area contributed by atoms with Gasteiger partial charge in [-0.05, 0) is 32.8 Å². The Morgan fingerprint density at radius 3 is 2.52 bits per heavy atom. The van der Waals surface area contributed by atoms with Crippen molar-refractivity contribution in [1.29, 1.82) is 0 Å². The number of ether oxygens (including phenoxy) is 1. The second kappa shape index (κ2) is 6.74. The molecule has 3 unspecified atom stereocenters. The first-order valence-electron chi connectivity index (χ1n) is 8.30. The Balaban J connectivity index is 1.64. The second-order valence-corrected chi connectivity index (χ2v) is 6.60. The third-order valence-corrected chi connectivity index (χ3v) is 4.56. The first-order chi connectivity index (χ1) is 11.0. The minimum absolute atomic E-state index is 0.0556. The molecule has 0 saturated carbocycles. The lowest BCUT2D eigenvalue weighted by molar-refractivity contribution is -0.148. The Labute approximate surface area is 136 Å². The van der Waals surface area contributed by atoms with E-state index in [0.717, 1.165) is 12.8 Å². The minimum atomic E-state index is -0.114. The number of nitrogens with zero attached hydrogens (tertiary/aromatic N) is 2. The molecule has 6 nitrogen and oxygen atoms in total. The van der Waals surface area contributed by atoms with Crippen molar-refractivity contribution in [3.05, 3.63) is 24.2 Å². The second-order valence-electron chi connectivity index (χ2n) is 6.60. The van der Waals surface area contributed by atoms with Gasteiger partial charge in [-0.25, -0.2) is 0 Å². The van der Waals surface area contributed by atoms with Crippen LogP contribution in [0.5, 0.6) is 0 Å². The number of hydrogen-bond acceptors (Lipinski definition) is 4. The molecule has 3 heterocycles. The molecule has 0 radical (unpaired) electrons. The average Bonchev–Trinajstić information content (AvgIpc) is 3.07. The van der Waals surface area contributed by atoms with Crippen LogP contribution in [0.25, 0.3) is 0 Å². The predicted octanol–water partition coefficient (Wildman–Crippen LogP) is 1.77. The summed E-state index contributed by atoms with van der Waals surface area (Å²) in [6.45, 7) is 6.44. The third-order valence-electron chi connectivity index (χ3n) is 4.56. The van der Waals surface area contributed by atoms with E-state index in [0.29, 0.717) is 31.7 Å². The summed E-state index contributed by atoms with van der Waals surface area (Å²) in [5.74, 6) is -0.0197. The van der Waals surface area contributed by atoms with E-state index in [1.807, 2.05) is 18.7 Å². The van der Waals surface area contributed by atoms with Crippen LogP contribution in [0.2, 0.25) is 0 Å². The van der Waals surface area contributed by atoms with Crippen molar-refractivity contribution in [2.24, 2.45) is 5.92 Å². The summed E-state index contributed by atoms with van der Waals surface area (Å²) in [6, 6.07) is 1.67. The van der Waals surface area contributed by atoms with E-state index >= 15 is 0 Å². The molecule has 126 valence electrons. The monoisotopic (exact) mass is 320 g/mol. The van der Waals surface area contributed by atoms with Crippen molar-refractivity contribution >= 4 is 11.8 Å². The fourth-order valence-electron chi connectivity index (χ4n) is 3.55. The number of furan rings is 1. The number of rotatable bonds is 2. The number of carbonyl (C=O) groups is 2. The molecule has 1 aromatic rings. The Morgan fingerprint density at radius 1 is 1.13 bits per heavy atom. The minimum Gasteiger partial charge on any atom is -0.472 e. The van der Waals surface area contributed by atoms with E-state index in [1.54, 1.807) is 11.0 Å². The largest absolute Gasteiger partial charge is 0.472 e. The molecule has 0 aromatic carbocycles. The molecule has 0 N–H and O–H groups in total. The number of piperidine rings is 1. The quantitative estimate of drug-likeness (QED) is 0.833. The van der Waals surface area contributed by atoms with Gasteiger partial charge in [-0.1, -0.05) is 0 Å². The van der Waals surface area contributed by atoms with Crippen molar-refractivity contribution in [2.45, 2.75) is 38.9 Å². The molecule has 23 heavy (non-hydrogen) atoms. The summed E-state index contributed by atoms with van der Waals surface area (Å²) >= 11 is 0. The lowest BCUT2D eigenvalue weighted by Gasteiger charge is -2.39. The van der Waals surface area contributed by atoms with Gasteiger partial charge in [-0.3, -0.25) is 9.59 Å². The van der Waals surface area contributed by atoms with E-state index in [2.05, 4.69) is 0 Å². The fourth-order valence-corrected chi connectivity index (χ4v) is 3.55. The van der Waals surface area contributed by atoms with Crippen molar-refractivity contribution in [1.82, 2.24) is 9.80 Å². The van der Waals surface area contributed by atoms with Crippen molar-refractivity contribution in [2.75, 3.05) is 26.2 Å². The number of amides is 2. The van der Waals surface area contributed by atoms with Crippen LogP contribution >= 0.6 is 0 Å². The van der Waals surface area contributed by atoms with Crippen LogP contribution in [-0.2, 0) is 9.53 Å². The molecular formula is C17H24N2O4. The molecule has 2 amide bonds. The van der Waals surface area contributed by atoms with E-state index in [9.17, 15) is 9.59 Å². The molecule has 2 aliphatic rings. The lowest BCUT2D eigenvalue weighted by atomic mass is 9.95. The Bertz CT molecular complexity index is 547. The molecule has 2 saturated heterocycles. The van der Waals surface area contributed by atoms with Gasteiger partial charge < -0.3 is 19.0 Å². The average molecular weight is 320 g/mol. The Kier molecular flexibility index (Phi) is 4.71. The normalized spacial score (nSPS) is 28.7. The van der Waals surface area contributed by atoms with Crippen LogP contribution in [0.4, 0.5) is 0 Å². The molecule has 3 atom stereocenters. The van der Waals surface area contributed by atoms with Crippen molar-refractivity contribution in [3.8, 4) is 0 Å². The van der Waals surface area contributed by atoms with Gasteiger partial charge in [-0.15, -0.1) is 0 Å². The Hall–Kier alpha value is -1.82. The van der Waals surface area contributed by atoms with Gasteiger partial charge in [0.1, 0.15) is 6.26 Å². The maximum atomic E-state index is 12.8. The summed E-state index contributed by atoms with van der Waals surface area (Å²) in [5, 5.41) is 0. The van der Waals surface area contributed by atoms with Crippen LogP contribution in [0, 0.1) is 5.92 Å². The van der Waals surface area contributed by atoms with Crippen LogP contribution in [-0.4, -0.2) is 60.0 Å². The zero-order valence-electron chi connectivity index (χ0n) is 13.7. The van der Waals surface area contributed by atoms with E-state index in [-0.39, 0.29) is 29.9 Å². The van der Waals surface area contributed by atoms with E-state index in [4.69, 9.17) is 9.15 Å². The van der Waals surface area contributed by atoms with Crippen molar-refractivity contribution < 1.29 is 18.7 Å². The van der Waals surface area contributed by atoms with Crippen LogP contribution < -0.4 is 0 Å². The molecule has 0 aliphatic carbocycles. The third kappa shape index (κ3) is 3.58. The summed E-state index contributed by atoms with van der Waals surface area (Å²) < 4.78 is 10.7. The number of carbonyl (C=O) groups excluding carboxylic acids is 2. The van der Waals surface area contributed by atoms with E-state index < -0.39 is 0 Å². The number of morpholine rings is 1. The maximum Gasteiger partial charge on any atom is 0.257 e. The first-order valence-corrected chi connectivity index (χ1v) is 8.30. The molecule has 0 spiro atoms. The summed E-state index contributed by atoms with van der Waals surface area (Å²) in [6.07, 6.45) is 4.78. The summed E-state index contributed by atoms with van der Waals surface area (Å²) in [5.41, 5.74) is 0.548. The molecule has 1 aromatic heterocycles. The molecule has 3 rings (SSSR count). The first kappa shape index (κ1) is 16.1. The van der Waals surface area contributed by atoms with Gasteiger partial charge in [0.2, 0.25) is 5.91 Å². The summed E-state index contributed by atoms with van der Waals surface area (Å²) in [7, 11) is 0. The van der Waals surface area contributed by atoms with Crippen molar-refractivity contribution in [3.63, 3.8) is 0 Å². The SMILES string of the molecule is CC1CN(C(=O)C2CCCN(C(=O)c3ccoc3)C2)CC(C)O1. The highest BCUT2D eigenvalue weighted by molar-refractivity contribution is 5.94. The topological polar surface area (TPSA) is 63.0 Å². The number of likely N-dealkylation sites (tertiary alicyclic amines) is 1. The van der Waals surface area contributed by atoms with E-state index in [1.165, 1.54) is 12.5 Å². The predicted molar refractivity (Wildman–Crippen MR) is 83.9 cm³/mol. The molecular weight excluding hydrogens is 296 g/mol. The molecule has 0 bridgehead atoms. The maximum absolute atomic E-state index is 12.8. The standard InChI is InChI=1S/C17H24N2O4/c1-12-8-19(9-13(2)23-12)16(20)14-4-3-6-18(10-14)17(21)15-5-7-22-11-15/h5,7,11-14H,3-4,6,8-10H2,1-2H3. The van der Waals surface area contributed by atoms with Crippen LogP contribution in [0.3, 0.4) is 0 Å². The summed E-state index contributed by atoms with van der Waals surface area (Å²) in [4.78, 5) is 28.9.